The number of amides is 2. The SMILES string of the molecule is COC[C@@]12CCN(C(=O)NCCc3ccccc3)C[C@@H]1CN(S(C)(=O)=O)C2. The van der Waals surface area contributed by atoms with E-state index >= 15 is 0 Å². The Labute approximate surface area is 161 Å². The fourth-order valence-corrected chi connectivity index (χ4v) is 5.21. The highest BCUT2D eigenvalue weighted by Gasteiger charge is 2.52. The third kappa shape index (κ3) is 4.62. The lowest BCUT2D eigenvalue weighted by atomic mass is 9.73. The summed E-state index contributed by atoms with van der Waals surface area (Å²) >= 11 is 0. The number of methoxy groups -OCH3 is 1. The van der Waals surface area contributed by atoms with E-state index < -0.39 is 10.0 Å². The Morgan fingerprint density at radius 2 is 2.04 bits per heavy atom. The molecule has 7 nitrogen and oxygen atoms in total. The number of piperidine rings is 1. The van der Waals surface area contributed by atoms with Crippen LogP contribution in [0, 0.1) is 11.3 Å². The van der Waals surface area contributed by atoms with Crippen molar-refractivity contribution in [1.82, 2.24) is 14.5 Å². The van der Waals surface area contributed by atoms with E-state index in [4.69, 9.17) is 4.74 Å². The molecule has 2 saturated heterocycles. The maximum absolute atomic E-state index is 12.6. The van der Waals surface area contributed by atoms with E-state index in [2.05, 4.69) is 5.32 Å². The monoisotopic (exact) mass is 395 g/mol. The average Bonchev–Trinajstić information content (AvgIpc) is 3.01. The van der Waals surface area contributed by atoms with Crippen LogP contribution in [0.3, 0.4) is 0 Å². The van der Waals surface area contributed by atoms with Crippen LogP contribution in [0.1, 0.15) is 12.0 Å². The maximum Gasteiger partial charge on any atom is 0.317 e. The number of sulfonamides is 1. The molecule has 1 aromatic carbocycles. The number of hydrogen-bond acceptors (Lipinski definition) is 4. The first-order valence-electron chi connectivity index (χ1n) is 9.35. The van der Waals surface area contributed by atoms with Crippen LogP contribution < -0.4 is 5.32 Å². The number of ether oxygens (including phenoxy) is 1. The molecule has 0 unspecified atom stereocenters. The van der Waals surface area contributed by atoms with E-state index in [1.807, 2.05) is 35.2 Å². The molecule has 1 aromatic rings. The number of urea groups is 1. The van der Waals surface area contributed by atoms with Gasteiger partial charge in [-0.05, 0) is 24.3 Å². The minimum atomic E-state index is -3.24. The van der Waals surface area contributed by atoms with Gasteiger partial charge in [0, 0.05) is 45.2 Å². The summed E-state index contributed by atoms with van der Waals surface area (Å²) in [4.78, 5) is 14.4. The number of likely N-dealkylation sites (tertiary alicyclic amines) is 1. The molecule has 2 fully saturated rings. The van der Waals surface area contributed by atoms with Crippen LogP contribution in [0.5, 0.6) is 0 Å². The molecule has 150 valence electrons. The molecule has 2 atom stereocenters. The molecule has 0 spiro atoms. The van der Waals surface area contributed by atoms with Crippen molar-refractivity contribution in [1.29, 1.82) is 0 Å². The van der Waals surface area contributed by atoms with Crippen molar-refractivity contribution < 1.29 is 17.9 Å². The molecule has 1 N–H and O–H groups in total. The molecular formula is C19H29N3O4S. The molecule has 2 heterocycles. The summed E-state index contributed by atoms with van der Waals surface area (Å²) in [6.07, 6.45) is 2.79. The zero-order chi connectivity index (χ0) is 19.5. The van der Waals surface area contributed by atoms with Gasteiger partial charge in [-0.2, -0.15) is 0 Å². The molecule has 2 aliphatic rings. The lowest BCUT2D eigenvalue weighted by Gasteiger charge is -2.43. The van der Waals surface area contributed by atoms with Crippen molar-refractivity contribution in [3.8, 4) is 0 Å². The predicted octanol–water partition coefficient (Wildman–Crippen LogP) is 1.17. The summed E-state index contributed by atoms with van der Waals surface area (Å²) in [7, 11) is -1.59. The average molecular weight is 396 g/mol. The number of rotatable bonds is 6. The van der Waals surface area contributed by atoms with Crippen LogP contribution in [0.15, 0.2) is 30.3 Å². The van der Waals surface area contributed by atoms with Gasteiger partial charge in [0.05, 0.1) is 12.9 Å². The number of carbonyl (C=O) groups is 1. The summed E-state index contributed by atoms with van der Waals surface area (Å²) in [6.45, 7) is 3.22. The van der Waals surface area contributed by atoms with Crippen molar-refractivity contribution in [2.24, 2.45) is 11.3 Å². The lowest BCUT2D eigenvalue weighted by Crippen LogP contribution is -2.53. The van der Waals surface area contributed by atoms with Gasteiger partial charge in [-0.3, -0.25) is 0 Å². The molecule has 0 saturated carbocycles. The number of nitrogens with one attached hydrogen (secondary N) is 1. The Balaban J connectivity index is 1.58. The van der Waals surface area contributed by atoms with Crippen LogP contribution >= 0.6 is 0 Å². The van der Waals surface area contributed by atoms with E-state index in [9.17, 15) is 13.2 Å². The third-order valence-corrected chi connectivity index (χ3v) is 7.04. The summed E-state index contributed by atoms with van der Waals surface area (Å²) in [5.74, 6) is 0.0980. The summed E-state index contributed by atoms with van der Waals surface area (Å²) < 4.78 is 31.0. The van der Waals surface area contributed by atoms with Gasteiger partial charge in [0.1, 0.15) is 0 Å². The fourth-order valence-electron chi connectivity index (χ4n) is 4.26. The van der Waals surface area contributed by atoms with Gasteiger partial charge in [0.2, 0.25) is 10.0 Å². The Hall–Kier alpha value is -1.64. The van der Waals surface area contributed by atoms with Crippen molar-refractivity contribution in [3.05, 3.63) is 35.9 Å². The first kappa shape index (κ1) is 20.1. The van der Waals surface area contributed by atoms with Gasteiger partial charge in [-0.25, -0.2) is 17.5 Å². The molecule has 2 aliphatic heterocycles. The van der Waals surface area contributed by atoms with Gasteiger partial charge in [-0.15, -0.1) is 0 Å². The van der Waals surface area contributed by atoms with E-state index in [1.54, 1.807) is 7.11 Å². The Kier molecular flexibility index (Phi) is 6.08. The van der Waals surface area contributed by atoms with E-state index in [0.717, 1.165) is 12.8 Å². The van der Waals surface area contributed by atoms with Crippen LogP contribution in [-0.4, -0.2) is 76.4 Å². The topological polar surface area (TPSA) is 79.0 Å². The Bertz CT molecular complexity index is 755. The second-order valence-corrected chi connectivity index (χ2v) is 9.69. The summed E-state index contributed by atoms with van der Waals surface area (Å²) in [5, 5.41) is 2.99. The normalized spacial score (nSPS) is 26.0. The maximum atomic E-state index is 12.6. The first-order chi connectivity index (χ1) is 12.8. The highest BCUT2D eigenvalue weighted by atomic mass is 32.2. The Morgan fingerprint density at radius 3 is 2.70 bits per heavy atom. The van der Waals surface area contributed by atoms with Crippen LogP contribution in [-0.2, 0) is 21.2 Å². The van der Waals surface area contributed by atoms with Gasteiger partial charge >= 0.3 is 6.03 Å². The quantitative estimate of drug-likeness (QED) is 0.784. The molecular weight excluding hydrogens is 366 g/mol. The van der Waals surface area contributed by atoms with Gasteiger partial charge in [-0.1, -0.05) is 30.3 Å². The van der Waals surface area contributed by atoms with E-state index in [0.29, 0.717) is 39.3 Å². The Morgan fingerprint density at radius 1 is 1.30 bits per heavy atom. The molecule has 0 aromatic heterocycles. The van der Waals surface area contributed by atoms with Crippen molar-refractivity contribution >= 4 is 16.1 Å². The number of carbonyl (C=O) groups excluding carboxylic acids is 1. The molecule has 0 radical (unpaired) electrons. The van der Waals surface area contributed by atoms with Crippen LogP contribution in [0.25, 0.3) is 0 Å². The van der Waals surface area contributed by atoms with Crippen LogP contribution in [0.2, 0.25) is 0 Å². The first-order valence-corrected chi connectivity index (χ1v) is 11.2. The zero-order valence-electron chi connectivity index (χ0n) is 16.1. The molecule has 2 amide bonds. The largest absolute Gasteiger partial charge is 0.384 e. The summed E-state index contributed by atoms with van der Waals surface area (Å²) in [5.41, 5.74) is 0.994. The second-order valence-electron chi connectivity index (χ2n) is 7.71. The number of nitrogens with zero attached hydrogens (tertiary/aromatic N) is 2. The van der Waals surface area contributed by atoms with Crippen molar-refractivity contribution in [3.63, 3.8) is 0 Å². The second kappa shape index (κ2) is 8.16. The fraction of sp³-hybridized carbons (Fsp3) is 0.632. The minimum Gasteiger partial charge on any atom is -0.384 e. The lowest BCUT2D eigenvalue weighted by molar-refractivity contribution is 0.0116. The van der Waals surface area contributed by atoms with Crippen molar-refractivity contribution in [2.45, 2.75) is 12.8 Å². The third-order valence-electron chi connectivity index (χ3n) is 5.82. The molecule has 0 bridgehead atoms. The highest BCUT2D eigenvalue weighted by Crippen LogP contribution is 2.43. The molecule has 8 heteroatoms. The smallest absolute Gasteiger partial charge is 0.317 e. The minimum absolute atomic E-state index is 0.0743. The predicted molar refractivity (Wildman–Crippen MR) is 104 cm³/mol. The highest BCUT2D eigenvalue weighted by molar-refractivity contribution is 7.88. The van der Waals surface area contributed by atoms with Crippen LogP contribution in [0.4, 0.5) is 4.79 Å². The summed E-state index contributed by atoms with van der Waals surface area (Å²) in [6, 6.07) is 9.98. The molecule has 0 aliphatic carbocycles. The van der Waals surface area contributed by atoms with Gasteiger partial charge in [0.25, 0.3) is 0 Å². The number of fused-ring (bicyclic) bond motifs is 1. The van der Waals surface area contributed by atoms with Gasteiger partial charge < -0.3 is 15.0 Å². The van der Waals surface area contributed by atoms with Gasteiger partial charge in [0.15, 0.2) is 0 Å². The van der Waals surface area contributed by atoms with E-state index in [1.165, 1.54) is 16.1 Å². The van der Waals surface area contributed by atoms with E-state index in [-0.39, 0.29) is 17.4 Å². The number of benzene rings is 1. The number of hydrogen-bond donors (Lipinski definition) is 1. The standard InChI is InChI=1S/C19H29N3O4S/c1-26-15-19-9-11-21(12-17(19)13-22(14-19)27(2,24)25)18(23)20-10-8-16-6-4-3-5-7-16/h3-7,17H,8-15H2,1-2H3,(H,20,23)/t17-,19+/m1/s1. The molecule has 27 heavy (non-hydrogen) atoms. The van der Waals surface area contributed by atoms with Crippen molar-refractivity contribution in [2.75, 3.05) is 52.7 Å². The molecule has 3 rings (SSSR count). The zero-order valence-corrected chi connectivity index (χ0v) is 16.9.